The van der Waals surface area contributed by atoms with Gasteiger partial charge in [0.1, 0.15) is 0 Å². The summed E-state index contributed by atoms with van der Waals surface area (Å²) in [5.74, 6) is 0.215. The largest absolute Gasteiger partial charge is 0.356 e. The van der Waals surface area contributed by atoms with Crippen LogP contribution in [0.4, 0.5) is 5.69 Å². The van der Waals surface area contributed by atoms with Crippen LogP contribution in [-0.4, -0.2) is 33.2 Å². The van der Waals surface area contributed by atoms with Gasteiger partial charge in [-0.05, 0) is 37.7 Å². The standard InChI is InChI=1S/C19H23N3O2S/c1-20-12-11-16(14-7-4-3-5-8-14)18-13-15-9-6-10-17(19(15)21-18)22-25(2,23)24/h3-10,13,16,20-22H,11-12H2,1-2H3. The Bertz CT molecular complexity index is 949. The number of sulfonamides is 1. The molecule has 3 rings (SSSR count). The molecule has 3 N–H and O–H groups in total. The summed E-state index contributed by atoms with van der Waals surface area (Å²) in [6.45, 7) is 0.892. The van der Waals surface area contributed by atoms with Crippen molar-refractivity contribution in [3.63, 3.8) is 0 Å². The Morgan fingerprint density at radius 1 is 1.08 bits per heavy atom. The van der Waals surface area contributed by atoms with Gasteiger partial charge in [0.25, 0.3) is 0 Å². The summed E-state index contributed by atoms with van der Waals surface area (Å²) in [6.07, 6.45) is 2.11. The SMILES string of the molecule is CNCCC(c1ccccc1)c1cc2cccc(NS(C)(=O)=O)c2[nH]1. The van der Waals surface area contributed by atoms with E-state index in [0.29, 0.717) is 5.69 Å². The predicted octanol–water partition coefficient (Wildman–Crippen LogP) is 3.28. The van der Waals surface area contributed by atoms with Gasteiger partial charge in [0.2, 0.25) is 10.0 Å². The van der Waals surface area contributed by atoms with Crippen molar-refractivity contribution >= 4 is 26.6 Å². The van der Waals surface area contributed by atoms with E-state index in [1.54, 1.807) is 6.07 Å². The molecule has 1 unspecified atom stereocenters. The van der Waals surface area contributed by atoms with Gasteiger partial charge < -0.3 is 10.3 Å². The van der Waals surface area contributed by atoms with Gasteiger partial charge in [0.05, 0.1) is 17.5 Å². The first-order valence-corrected chi connectivity index (χ1v) is 10.2. The number of anilines is 1. The number of para-hydroxylation sites is 1. The van der Waals surface area contributed by atoms with Gasteiger partial charge in [-0.15, -0.1) is 0 Å². The molecule has 0 fully saturated rings. The van der Waals surface area contributed by atoms with Crippen LogP contribution in [0.3, 0.4) is 0 Å². The Labute approximate surface area is 148 Å². The van der Waals surface area contributed by atoms with Crippen LogP contribution >= 0.6 is 0 Å². The van der Waals surface area contributed by atoms with Gasteiger partial charge in [-0.25, -0.2) is 8.42 Å². The van der Waals surface area contributed by atoms with E-state index in [1.165, 1.54) is 5.56 Å². The highest BCUT2D eigenvalue weighted by Crippen LogP contribution is 2.32. The zero-order valence-corrected chi connectivity index (χ0v) is 15.2. The topological polar surface area (TPSA) is 74.0 Å². The molecule has 1 aromatic heterocycles. The molecular formula is C19H23N3O2S. The van der Waals surface area contributed by atoms with Crippen molar-refractivity contribution in [3.05, 3.63) is 65.9 Å². The normalized spacial score (nSPS) is 13.0. The Balaban J connectivity index is 2.05. The van der Waals surface area contributed by atoms with E-state index < -0.39 is 10.0 Å². The number of hydrogen-bond donors (Lipinski definition) is 3. The Morgan fingerprint density at radius 3 is 2.52 bits per heavy atom. The minimum absolute atomic E-state index is 0.215. The molecule has 2 aromatic carbocycles. The van der Waals surface area contributed by atoms with E-state index >= 15 is 0 Å². The third-order valence-corrected chi connectivity index (χ3v) is 4.82. The number of rotatable bonds is 7. The van der Waals surface area contributed by atoms with Gasteiger partial charge >= 0.3 is 0 Å². The molecule has 0 aliphatic rings. The highest BCUT2D eigenvalue weighted by Gasteiger charge is 2.17. The van der Waals surface area contributed by atoms with Crippen LogP contribution in [0.25, 0.3) is 10.9 Å². The van der Waals surface area contributed by atoms with Gasteiger partial charge in [0.15, 0.2) is 0 Å². The highest BCUT2D eigenvalue weighted by atomic mass is 32.2. The molecule has 6 heteroatoms. The Kier molecular flexibility index (Phi) is 5.11. The van der Waals surface area contributed by atoms with Crippen LogP contribution in [0.5, 0.6) is 0 Å². The summed E-state index contributed by atoms with van der Waals surface area (Å²) >= 11 is 0. The summed E-state index contributed by atoms with van der Waals surface area (Å²) < 4.78 is 25.8. The van der Waals surface area contributed by atoms with Crippen molar-refractivity contribution in [1.82, 2.24) is 10.3 Å². The van der Waals surface area contributed by atoms with E-state index in [-0.39, 0.29) is 5.92 Å². The van der Waals surface area contributed by atoms with E-state index in [1.807, 2.05) is 37.4 Å². The van der Waals surface area contributed by atoms with Crippen LogP contribution in [0, 0.1) is 0 Å². The lowest BCUT2D eigenvalue weighted by Crippen LogP contribution is -2.13. The van der Waals surface area contributed by atoms with Crippen molar-refractivity contribution in [2.75, 3.05) is 24.6 Å². The minimum Gasteiger partial charge on any atom is -0.356 e. The Hall–Kier alpha value is -2.31. The van der Waals surface area contributed by atoms with Gasteiger partial charge in [-0.1, -0.05) is 42.5 Å². The molecule has 5 nitrogen and oxygen atoms in total. The molecule has 1 heterocycles. The molecule has 0 aliphatic heterocycles. The van der Waals surface area contributed by atoms with Crippen LogP contribution in [0.2, 0.25) is 0 Å². The first-order chi connectivity index (χ1) is 12.0. The van der Waals surface area contributed by atoms with Crippen LogP contribution in [0.1, 0.15) is 23.6 Å². The average Bonchev–Trinajstić information content (AvgIpc) is 3.00. The summed E-state index contributed by atoms with van der Waals surface area (Å²) in [5.41, 5.74) is 3.71. The molecule has 0 radical (unpaired) electrons. The summed E-state index contributed by atoms with van der Waals surface area (Å²) in [5, 5.41) is 4.20. The number of fused-ring (bicyclic) bond motifs is 1. The first kappa shape index (κ1) is 17.5. The van der Waals surface area contributed by atoms with Gasteiger partial charge in [-0.3, -0.25) is 4.72 Å². The molecule has 0 saturated carbocycles. The van der Waals surface area contributed by atoms with Crippen LogP contribution < -0.4 is 10.0 Å². The minimum atomic E-state index is -3.33. The van der Waals surface area contributed by atoms with Crippen molar-refractivity contribution in [2.45, 2.75) is 12.3 Å². The fourth-order valence-electron chi connectivity index (χ4n) is 3.13. The van der Waals surface area contributed by atoms with E-state index in [9.17, 15) is 8.42 Å². The highest BCUT2D eigenvalue weighted by molar-refractivity contribution is 7.92. The molecule has 0 amide bonds. The van der Waals surface area contributed by atoms with Gasteiger partial charge in [-0.2, -0.15) is 0 Å². The zero-order chi connectivity index (χ0) is 17.9. The smallest absolute Gasteiger partial charge is 0.229 e. The van der Waals surface area contributed by atoms with Crippen molar-refractivity contribution in [1.29, 1.82) is 0 Å². The lowest BCUT2D eigenvalue weighted by molar-refractivity contribution is 0.607. The van der Waals surface area contributed by atoms with Crippen molar-refractivity contribution in [2.24, 2.45) is 0 Å². The number of H-pyrrole nitrogens is 1. The molecule has 0 spiro atoms. The maximum Gasteiger partial charge on any atom is 0.229 e. The monoisotopic (exact) mass is 357 g/mol. The molecule has 0 aliphatic carbocycles. The number of aromatic amines is 1. The fourth-order valence-corrected chi connectivity index (χ4v) is 3.70. The van der Waals surface area contributed by atoms with Crippen LogP contribution in [0.15, 0.2) is 54.6 Å². The van der Waals surface area contributed by atoms with Crippen molar-refractivity contribution in [3.8, 4) is 0 Å². The van der Waals surface area contributed by atoms with E-state index in [4.69, 9.17) is 0 Å². The number of benzene rings is 2. The second-order valence-corrected chi connectivity index (χ2v) is 7.97. The fraction of sp³-hybridized carbons (Fsp3) is 0.263. The quantitative estimate of drug-likeness (QED) is 0.607. The number of hydrogen-bond acceptors (Lipinski definition) is 3. The average molecular weight is 357 g/mol. The first-order valence-electron chi connectivity index (χ1n) is 8.27. The zero-order valence-electron chi connectivity index (χ0n) is 14.4. The third-order valence-electron chi connectivity index (χ3n) is 4.23. The maximum absolute atomic E-state index is 11.6. The number of nitrogens with one attached hydrogen (secondary N) is 3. The molecule has 0 saturated heterocycles. The summed E-state index contributed by atoms with van der Waals surface area (Å²) in [7, 11) is -1.38. The predicted molar refractivity (Wildman–Crippen MR) is 104 cm³/mol. The van der Waals surface area contributed by atoms with Crippen LogP contribution in [-0.2, 0) is 10.0 Å². The second kappa shape index (κ2) is 7.29. The summed E-state index contributed by atoms with van der Waals surface area (Å²) in [6, 6.07) is 18.1. The molecule has 25 heavy (non-hydrogen) atoms. The van der Waals surface area contributed by atoms with E-state index in [0.717, 1.165) is 35.8 Å². The molecule has 3 aromatic rings. The lowest BCUT2D eigenvalue weighted by Gasteiger charge is -2.16. The Morgan fingerprint density at radius 2 is 1.84 bits per heavy atom. The molecule has 0 bridgehead atoms. The molecular weight excluding hydrogens is 334 g/mol. The third kappa shape index (κ3) is 4.21. The van der Waals surface area contributed by atoms with Gasteiger partial charge in [0, 0.05) is 17.0 Å². The lowest BCUT2D eigenvalue weighted by atomic mass is 9.92. The maximum atomic E-state index is 11.6. The second-order valence-electron chi connectivity index (χ2n) is 6.22. The van der Waals surface area contributed by atoms with E-state index in [2.05, 4.69) is 33.2 Å². The number of aromatic nitrogens is 1. The summed E-state index contributed by atoms with van der Waals surface area (Å²) in [4.78, 5) is 3.44. The molecule has 1 atom stereocenters. The molecule has 132 valence electrons. The van der Waals surface area contributed by atoms with Crippen molar-refractivity contribution < 1.29 is 8.42 Å².